The molecular weight excluding hydrogens is 231 g/mol. The van der Waals surface area contributed by atoms with Gasteiger partial charge in [-0.25, -0.2) is 9.18 Å². The normalized spacial score (nSPS) is 9.83. The summed E-state index contributed by atoms with van der Waals surface area (Å²) in [7, 11) is 0. The van der Waals surface area contributed by atoms with Crippen LogP contribution in [0.3, 0.4) is 0 Å². The quantitative estimate of drug-likeness (QED) is 0.782. The lowest BCUT2D eigenvalue weighted by Crippen LogP contribution is -1.97. The fourth-order valence-electron chi connectivity index (χ4n) is 0.689. The fraction of sp³-hybridized carbons (Fsp3) is 0. The van der Waals surface area contributed by atoms with E-state index in [4.69, 9.17) is 10.2 Å². The van der Waals surface area contributed by atoms with Crippen molar-refractivity contribution < 1.29 is 19.4 Å². The number of aromatic hydroxyl groups is 1. The molecule has 1 aromatic carbocycles. The second-order valence-corrected chi connectivity index (χ2v) is 2.95. The highest BCUT2D eigenvalue weighted by Gasteiger charge is 2.11. The van der Waals surface area contributed by atoms with Gasteiger partial charge in [0.25, 0.3) is 0 Å². The van der Waals surface area contributed by atoms with E-state index in [9.17, 15) is 9.18 Å². The summed E-state index contributed by atoms with van der Waals surface area (Å²) in [4.78, 5) is 10.3. The van der Waals surface area contributed by atoms with E-state index in [1.165, 1.54) is 0 Å². The number of carboxylic acids is 1. The molecule has 0 radical (unpaired) electrons. The highest BCUT2D eigenvalue weighted by atomic mass is 79.9. The summed E-state index contributed by atoms with van der Waals surface area (Å²) in [6, 6.07) is 1.88. The molecule has 3 nitrogen and oxygen atoms in total. The van der Waals surface area contributed by atoms with Crippen molar-refractivity contribution in [2.24, 2.45) is 0 Å². The minimum atomic E-state index is -1.24. The number of halogens is 2. The first-order valence-corrected chi connectivity index (χ1v) is 3.73. The Hall–Kier alpha value is -1.10. The number of phenols is 1. The summed E-state index contributed by atoms with van der Waals surface area (Å²) in [6.07, 6.45) is 0. The SMILES string of the molecule is O=C(O)c1cc(F)c(O)c(Br)c1. The first kappa shape index (κ1) is 8.99. The molecular formula is C7H4BrFO3. The Balaban J connectivity index is 3.31. The van der Waals surface area contributed by atoms with Crippen molar-refractivity contribution >= 4 is 21.9 Å². The molecule has 0 heterocycles. The van der Waals surface area contributed by atoms with Crippen molar-refractivity contribution in [1.82, 2.24) is 0 Å². The molecule has 0 aliphatic rings. The number of benzene rings is 1. The van der Waals surface area contributed by atoms with Crippen molar-refractivity contribution in [2.45, 2.75) is 0 Å². The summed E-state index contributed by atoms with van der Waals surface area (Å²) < 4.78 is 12.7. The number of carboxylic acid groups (broad SMARTS) is 1. The van der Waals surface area contributed by atoms with Crippen LogP contribution in [0.15, 0.2) is 16.6 Å². The summed E-state index contributed by atoms with van der Waals surface area (Å²) in [5, 5.41) is 17.4. The Labute approximate surface area is 75.6 Å². The van der Waals surface area contributed by atoms with Gasteiger partial charge in [0.15, 0.2) is 11.6 Å². The third kappa shape index (κ3) is 1.55. The van der Waals surface area contributed by atoms with Gasteiger partial charge in [-0.2, -0.15) is 0 Å². The standard InChI is InChI=1S/C7H4BrFO3/c8-4-1-3(7(11)12)2-5(9)6(4)10/h1-2,10H,(H,11,12). The summed E-state index contributed by atoms with van der Waals surface area (Å²) >= 11 is 2.81. The molecule has 64 valence electrons. The molecule has 0 aliphatic carbocycles. The second-order valence-electron chi connectivity index (χ2n) is 2.09. The van der Waals surface area contributed by atoms with E-state index in [1.807, 2.05) is 0 Å². The highest BCUT2D eigenvalue weighted by Crippen LogP contribution is 2.27. The van der Waals surface area contributed by atoms with Gasteiger partial charge in [0, 0.05) is 0 Å². The van der Waals surface area contributed by atoms with Crippen LogP contribution in [0.4, 0.5) is 4.39 Å². The van der Waals surface area contributed by atoms with Crippen LogP contribution in [0.2, 0.25) is 0 Å². The molecule has 5 heteroatoms. The number of rotatable bonds is 1. The lowest BCUT2D eigenvalue weighted by atomic mass is 10.2. The van der Waals surface area contributed by atoms with Crippen LogP contribution in [0.25, 0.3) is 0 Å². The van der Waals surface area contributed by atoms with E-state index in [0.717, 1.165) is 12.1 Å². The van der Waals surface area contributed by atoms with Crippen LogP contribution < -0.4 is 0 Å². The van der Waals surface area contributed by atoms with Crippen molar-refractivity contribution in [3.05, 3.63) is 28.0 Å². The van der Waals surface area contributed by atoms with E-state index >= 15 is 0 Å². The molecule has 0 spiro atoms. The van der Waals surface area contributed by atoms with E-state index in [2.05, 4.69) is 15.9 Å². The van der Waals surface area contributed by atoms with Gasteiger partial charge in [0.2, 0.25) is 0 Å². The number of hydrogen-bond acceptors (Lipinski definition) is 2. The van der Waals surface area contributed by atoms with Crippen molar-refractivity contribution in [3.8, 4) is 5.75 Å². The van der Waals surface area contributed by atoms with Gasteiger partial charge < -0.3 is 10.2 Å². The van der Waals surface area contributed by atoms with Crippen LogP contribution in [0.5, 0.6) is 5.75 Å². The Bertz CT molecular complexity index is 314. The van der Waals surface area contributed by atoms with Gasteiger partial charge in [-0.15, -0.1) is 0 Å². The molecule has 0 unspecified atom stereocenters. The van der Waals surface area contributed by atoms with Crippen LogP contribution in [-0.2, 0) is 0 Å². The molecule has 1 rings (SSSR count). The largest absolute Gasteiger partial charge is 0.504 e. The summed E-state index contributed by atoms with van der Waals surface area (Å²) in [5.41, 5.74) is -0.211. The first-order chi connectivity index (χ1) is 5.52. The molecule has 0 amide bonds. The van der Waals surface area contributed by atoms with Gasteiger partial charge in [-0.3, -0.25) is 0 Å². The maximum Gasteiger partial charge on any atom is 0.335 e. The number of hydrogen-bond donors (Lipinski definition) is 2. The van der Waals surface area contributed by atoms with E-state index in [-0.39, 0.29) is 10.0 Å². The lowest BCUT2D eigenvalue weighted by Gasteiger charge is -1.99. The molecule has 0 aromatic heterocycles. The monoisotopic (exact) mass is 234 g/mol. The maximum absolute atomic E-state index is 12.7. The minimum absolute atomic E-state index is 0.0277. The minimum Gasteiger partial charge on any atom is -0.504 e. The van der Waals surface area contributed by atoms with Crippen LogP contribution in [0.1, 0.15) is 10.4 Å². The van der Waals surface area contributed by atoms with Gasteiger partial charge in [0.05, 0.1) is 10.0 Å². The maximum atomic E-state index is 12.7. The molecule has 2 N–H and O–H groups in total. The third-order valence-electron chi connectivity index (χ3n) is 1.26. The third-order valence-corrected chi connectivity index (χ3v) is 1.87. The topological polar surface area (TPSA) is 57.5 Å². The molecule has 0 bridgehead atoms. The van der Waals surface area contributed by atoms with Crippen LogP contribution in [-0.4, -0.2) is 16.2 Å². The zero-order chi connectivity index (χ0) is 9.30. The van der Waals surface area contributed by atoms with Gasteiger partial charge in [0.1, 0.15) is 0 Å². The van der Waals surface area contributed by atoms with Crippen LogP contribution in [0, 0.1) is 5.82 Å². The van der Waals surface area contributed by atoms with Gasteiger partial charge >= 0.3 is 5.97 Å². The fourth-order valence-corrected chi connectivity index (χ4v) is 1.13. The average molecular weight is 235 g/mol. The van der Waals surface area contributed by atoms with Gasteiger partial charge in [-0.1, -0.05) is 0 Å². The lowest BCUT2D eigenvalue weighted by molar-refractivity contribution is 0.0696. The smallest absolute Gasteiger partial charge is 0.335 e. The number of phenolic OH excluding ortho intramolecular Hbond substituents is 1. The van der Waals surface area contributed by atoms with Crippen molar-refractivity contribution in [2.75, 3.05) is 0 Å². The number of carbonyl (C=O) groups is 1. The van der Waals surface area contributed by atoms with Gasteiger partial charge in [-0.05, 0) is 28.1 Å². The van der Waals surface area contributed by atoms with E-state index in [1.54, 1.807) is 0 Å². The molecule has 0 atom stereocenters. The predicted octanol–water partition coefficient (Wildman–Crippen LogP) is 1.99. The molecule has 1 aromatic rings. The Morgan fingerprint density at radius 2 is 2.08 bits per heavy atom. The molecule has 0 fully saturated rings. The summed E-state index contributed by atoms with van der Waals surface area (Å²) in [6.45, 7) is 0. The second kappa shape index (κ2) is 3.10. The molecule has 0 saturated heterocycles. The van der Waals surface area contributed by atoms with E-state index < -0.39 is 17.5 Å². The number of aromatic carboxylic acids is 1. The average Bonchev–Trinajstić information content (AvgIpc) is 1.99. The van der Waals surface area contributed by atoms with Crippen molar-refractivity contribution in [3.63, 3.8) is 0 Å². The van der Waals surface area contributed by atoms with E-state index in [0.29, 0.717) is 0 Å². The summed E-state index contributed by atoms with van der Waals surface area (Å²) in [5.74, 6) is -2.78. The highest BCUT2D eigenvalue weighted by molar-refractivity contribution is 9.10. The van der Waals surface area contributed by atoms with Crippen LogP contribution >= 0.6 is 15.9 Å². The predicted molar refractivity (Wildman–Crippen MR) is 42.7 cm³/mol. The zero-order valence-electron chi connectivity index (χ0n) is 5.71. The Morgan fingerprint density at radius 1 is 1.50 bits per heavy atom. The molecule has 0 aliphatic heterocycles. The molecule has 0 saturated carbocycles. The zero-order valence-corrected chi connectivity index (χ0v) is 7.30. The Morgan fingerprint density at radius 3 is 2.50 bits per heavy atom. The molecule has 12 heavy (non-hydrogen) atoms. The first-order valence-electron chi connectivity index (χ1n) is 2.93. The Kier molecular flexibility index (Phi) is 2.32. The van der Waals surface area contributed by atoms with Crippen molar-refractivity contribution in [1.29, 1.82) is 0 Å².